The van der Waals surface area contributed by atoms with E-state index in [4.69, 9.17) is 0 Å². The zero-order chi connectivity index (χ0) is 15.2. The number of aliphatic hydroxyl groups is 1. The molecule has 0 saturated carbocycles. The summed E-state index contributed by atoms with van der Waals surface area (Å²) < 4.78 is 0. The third-order valence-corrected chi connectivity index (χ3v) is 4.04. The van der Waals surface area contributed by atoms with Gasteiger partial charge in [0.15, 0.2) is 0 Å². The summed E-state index contributed by atoms with van der Waals surface area (Å²) >= 11 is 0. The van der Waals surface area contributed by atoms with Crippen molar-refractivity contribution in [2.24, 2.45) is 5.92 Å². The standard InChI is InChI=1S/C16H24N2O3/c1-12-4-5-14(20)9-15(12)16(21)17-6-8-18-7-2-3-13(10-18)11-19/h4-5,9,13,19-20H,2-3,6-8,10-11H2,1H3,(H,17,21). The lowest BCUT2D eigenvalue weighted by atomic mass is 9.99. The monoisotopic (exact) mass is 292 g/mol. The second-order valence-corrected chi connectivity index (χ2v) is 5.75. The summed E-state index contributed by atoms with van der Waals surface area (Å²) in [6.45, 7) is 5.39. The van der Waals surface area contributed by atoms with Crippen molar-refractivity contribution in [2.45, 2.75) is 19.8 Å². The van der Waals surface area contributed by atoms with E-state index in [2.05, 4.69) is 10.2 Å². The van der Waals surface area contributed by atoms with Gasteiger partial charge in [0.2, 0.25) is 0 Å². The number of phenols is 1. The predicted octanol–water partition coefficient (Wildman–Crippen LogP) is 1.13. The molecule has 1 fully saturated rings. The van der Waals surface area contributed by atoms with Crippen molar-refractivity contribution in [3.05, 3.63) is 29.3 Å². The van der Waals surface area contributed by atoms with E-state index in [1.807, 2.05) is 6.92 Å². The molecule has 1 aliphatic rings. The number of hydrogen-bond acceptors (Lipinski definition) is 4. The minimum atomic E-state index is -0.154. The van der Waals surface area contributed by atoms with Gasteiger partial charge in [0.25, 0.3) is 5.91 Å². The van der Waals surface area contributed by atoms with Gasteiger partial charge in [-0.25, -0.2) is 0 Å². The molecule has 0 spiro atoms. The number of aromatic hydroxyl groups is 1. The second kappa shape index (κ2) is 7.43. The maximum atomic E-state index is 12.1. The normalized spacial score (nSPS) is 19.4. The van der Waals surface area contributed by atoms with Gasteiger partial charge in [-0.1, -0.05) is 6.07 Å². The highest BCUT2D eigenvalue weighted by Crippen LogP contribution is 2.16. The predicted molar refractivity (Wildman–Crippen MR) is 81.4 cm³/mol. The van der Waals surface area contributed by atoms with Crippen LogP contribution in [-0.2, 0) is 0 Å². The molecular weight excluding hydrogens is 268 g/mol. The molecule has 0 aliphatic carbocycles. The maximum absolute atomic E-state index is 12.1. The molecule has 1 saturated heterocycles. The molecule has 0 radical (unpaired) electrons. The van der Waals surface area contributed by atoms with Gasteiger partial charge in [-0.3, -0.25) is 4.79 Å². The van der Waals surface area contributed by atoms with E-state index in [1.54, 1.807) is 12.1 Å². The fourth-order valence-corrected chi connectivity index (χ4v) is 2.78. The molecule has 1 atom stereocenters. The average molecular weight is 292 g/mol. The number of nitrogens with zero attached hydrogens (tertiary/aromatic N) is 1. The van der Waals surface area contributed by atoms with Crippen LogP contribution < -0.4 is 5.32 Å². The molecule has 3 N–H and O–H groups in total. The lowest BCUT2D eigenvalue weighted by molar-refractivity contribution is 0.0929. The third kappa shape index (κ3) is 4.44. The van der Waals surface area contributed by atoms with E-state index >= 15 is 0 Å². The SMILES string of the molecule is Cc1ccc(O)cc1C(=O)NCCN1CCCC(CO)C1. The van der Waals surface area contributed by atoms with Crippen molar-refractivity contribution in [2.75, 3.05) is 32.8 Å². The molecule has 1 aromatic carbocycles. The van der Waals surface area contributed by atoms with Gasteiger partial charge in [0.05, 0.1) is 0 Å². The molecule has 116 valence electrons. The van der Waals surface area contributed by atoms with Crippen LogP contribution in [0, 0.1) is 12.8 Å². The lowest BCUT2D eigenvalue weighted by Crippen LogP contribution is -2.41. The van der Waals surface area contributed by atoms with Gasteiger partial charge in [0, 0.05) is 31.8 Å². The first-order chi connectivity index (χ1) is 10.1. The lowest BCUT2D eigenvalue weighted by Gasteiger charge is -2.31. The Morgan fingerprint density at radius 3 is 3.05 bits per heavy atom. The van der Waals surface area contributed by atoms with Gasteiger partial charge in [-0.2, -0.15) is 0 Å². The molecule has 1 unspecified atom stereocenters. The maximum Gasteiger partial charge on any atom is 0.251 e. The van der Waals surface area contributed by atoms with Crippen LogP contribution >= 0.6 is 0 Å². The number of aliphatic hydroxyl groups excluding tert-OH is 1. The Morgan fingerprint density at radius 1 is 1.48 bits per heavy atom. The Balaban J connectivity index is 1.80. The number of nitrogens with one attached hydrogen (secondary N) is 1. The van der Waals surface area contributed by atoms with E-state index in [0.29, 0.717) is 18.0 Å². The number of piperidine rings is 1. The van der Waals surface area contributed by atoms with Crippen molar-refractivity contribution < 1.29 is 15.0 Å². The molecule has 0 aromatic heterocycles. The minimum Gasteiger partial charge on any atom is -0.508 e. The number of benzene rings is 1. The van der Waals surface area contributed by atoms with E-state index < -0.39 is 0 Å². The Morgan fingerprint density at radius 2 is 2.29 bits per heavy atom. The molecule has 2 rings (SSSR count). The Labute approximate surface area is 125 Å². The summed E-state index contributed by atoms with van der Waals surface area (Å²) in [5, 5.41) is 21.6. The summed E-state index contributed by atoms with van der Waals surface area (Å²) in [6.07, 6.45) is 2.19. The average Bonchev–Trinajstić information content (AvgIpc) is 2.49. The summed E-state index contributed by atoms with van der Waals surface area (Å²) in [5.74, 6) is 0.314. The Hall–Kier alpha value is -1.59. The van der Waals surface area contributed by atoms with E-state index in [0.717, 1.165) is 38.0 Å². The van der Waals surface area contributed by atoms with Crippen LogP contribution in [0.3, 0.4) is 0 Å². The number of likely N-dealkylation sites (tertiary alicyclic amines) is 1. The van der Waals surface area contributed by atoms with Crippen LogP contribution in [0.1, 0.15) is 28.8 Å². The highest BCUT2D eigenvalue weighted by molar-refractivity contribution is 5.96. The molecule has 1 amide bonds. The Bertz CT molecular complexity index is 490. The van der Waals surface area contributed by atoms with Crippen LogP contribution in [0.25, 0.3) is 0 Å². The van der Waals surface area contributed by atoms with Crippen molar-refractivity contribution in [3.63, 3.8) is 0 Å². The molecule has 5 nitrogen and oxygen atoms in total. The largest absolute Gasteiger partial charge is 0.508 e. The quantitative estimate of drug-likeness (QED) is 0.761. The number of amides is 1. The number of rotatable bonds is 5. The molecule has 5 heteroatoms. The smallest absolute Gasteiger partial charge is 0.251 e. The van der Waals surface area contributed by atoms with Crippen LogP contribution in [0.2, 0.25) is 0 Å². The first-order valence-electron chi connectivity index (χ1n) is 7.51. The highest BCUT2D eigenvalue weighted by atomic mass is 16.3. The minimum absolute atomic E-state index is 0.104. The van der Waals surface area contributed by atoms with Crippen LogP contribution in [-0.4, -0.2) is 53.8 Å². The number of phenolic OH excluding ortho intramolecular Hbond substituents is 1. The summed E-state index contributed by atoms with van der Waals surface area (Å²) in [4.78, 5) is 14.4. The number of carbonyl (C=O) groups excluding carboxylic acids is 1. The zero-order valence-electron chi connectivity index (χ0n) is 12.5. The topological polar surface area (TPSA) is 72.8 Å². The molecule has 1 aliphatic heterocycles. The van der Waals surface area contributed by atoms with E-state index in [9.17, 15) is 15.0 Å². The molecule has 1 heterocycles. The third-order valence-electron chi connectivity index (χ3n) is 4.04. The van der Waals surface area contributed by atoms with E-state index in [1.165, 1.54) is 6.07 Å². The summed E-state index contributed by atoms with van der Waals surface area (Å²) in [5.41, 5.74) is 1.37. The number of aryl methyl sites for hydroxylation is 1. The van der Waals surface area contributed by atoms with Crippen molar-refractivity contribution >= 4 is 5.91 Å². The molecular formula is C16H24N2O3. The zero-order valence-corrected chi connectivity index (χ0v) is 12.5. The van der Waals surface area contributed by atoms with Crippen LogP contribution in [0.15, 0.2) is 18.2 Å². The summed E-state index contributed by atoms with van der Waals surface area (Å²) in [6, 6.07) is 4.81. The van der Waals surface area contributed by atoms with Crippen molar-refractivity contribution in [3.8, 4) is 5.75 Å². The first kappa shape index (κ1) is 15.8. The summed E-state index contributed by atoms with van der Waals surface area (Å²) in [7, 11) is 0. The van der Waals surface area contributed by atoms with Gasteiger partial charge < -0.3 is 20.4 Å². The van der Waals surface area contributed by atoms with Crippen molar-refractivity contribution in [1.82, 2.24) is 10.2 Å². The van der Waals surface area contributed by atoms with Gasteiger partial charge >= 0.3 is 0 Å². The van der Waals surface area contributed by atoms with E-state index in [-0.39, 0.29) is 18.3 Å². The van der Waals surface area contributed by atoms with Crippen LogP contribution in [0.5, 0.6) is 5.75 Å². The highest BCUT2D eigenvalue weighted by Gasteiger charge is 2.19. The van der Waals surface area contributed by atoms with Gasteiger partial charge in [-0.05, 0) is 49.9 Å². The fraction of sp³-hybridized carbons (Fsp3) is 0.562. The Kier molecular flexibility index (Phi) is 5.59. The van der Waals surface area contributed by atoms with Crippen LogP contribution in [0.4, 0.5) is 0 Å². The molecule has 0 bridgehead atoms. The fourth-order valence-electron chi connectivity index (χ4n) is 2.78. The van der Waals surface area contributed by atoms with Gasteiger partial charge in [0.1, 0.15) is 5.75 Å². The number of hydrogen-bond donors (Lipinski definition) is 3. The second-order valence-electron chi connectivity index (χ2n) is 5.75. The molecule has 1 aromatic rings. The van der Waals surface area contributed by atoms with Crippen molar-refractivity contribution in [1.29, 1.82) is 0 Å². The molecule has 21 heavy (non-hydrogen) atoms. The van der Waals surface area contributed by atoms with Gasteiger partial charge in [-0.15, -0.1) is 0 Å². The first-order valence-corrected chi connectivity index (χ1v) is 7.51. The number of carbonyl (C=O) groups is 1.